The number of benzene rings is 1. The van der Waals surface area contributed by atoms with E-state index < -0.39 is 5.97 Å². The van der Waals surface area contributed by atoms with E-state index in [-0.39, 0.29) is 0 Å². The Morgan fingerprint density at radius 3 is 3.00 bits per heavy atom. The third-order valence-electron chi connectivity index (χ3n) is 1.90. The molecule has 0 spiro atoms. The summed E-state index contributed by atoms with van der Waals surface area (Å²) >= 11 is 0. The second-order valence-electron chi connectivity index (χ2n) is 3.04. The number of carbonyl (C=O) groups is 1. The molecule has 0 bridgehead atoms. The fourth-order valence-electron chi connectivity index (χ4n) is 1.13. The van der Waals surface area contributed by atoms with Crippen LogP contribution < -0.4 is 5.73 Å². The van der Waals surface area contributed by atoms with Crippen molar-refractivity contribution < 1.29 is 9.53 Å². The van der Waals surface area contributed by atoms with Gasteiger partial charge < -0.3 is 10.5 Å². The molecule has 0 radical (unpaired) electrons. The third kappa shape index (κ3) is 3.14. The first-order chi connectivity index (χ1) is 7.67. The molecule has 0 saturated carbocycles. The Labute approximate surface area is 93.9 Å². The number of nitrogens with zero attached hydrogens (tertiary/aromatic N) is 1. The zero-order valence-corrected chi connectivity index (χ0v) is 8.93. The number of hydrogen-bond acceptors (Lipinski definition) is 4. The van der Waals surface area contributed by atoms with E-state index in [1.807, 2.05) is 6.07 Å². The van der Waals surface area contributed by atoms with Crippen LogP contribution in [0.2, 0.25) is 0 Å². The predicted molar refractivity (Wildman–Crippen MR) is 61.2 cm³/mol. The molecule has 1 aromatic rings. The van der Waals surface area contributed by atoms with E-state index in [4.69, 9.17) is 15.7 Å². The lowest BCUT2D eigenvalue weighted by Crippen LogP contribution is -1.98. The Balaban J connectivity index is 2.83. The Morgan fingerprint density at radius 1 is 1.62 bits per heavy atom. The average molecular weight is 216 g/mol. The van der Waals surface area contributed by atoms with Crippen LogP contribution in [0.15, 0.2) is 24.3 Å². The number of esters is 1. The number of ether oxygens (including phenoxy) is 1. The van der Waals surface area contributed by atoms with Gasteiger partial charge in [-0.05, 0) is 30.7 Å². The van der Waals surface area contributed by atoms with Crippen LogP contribution in [-0.2, 0) is 9.53 Å². The molecule has 0 aliphatic carbocycles. The van der Waals surface area contributed by atoms with E-state index in [9.17, 15) is 4.79 Å². The maximum atomic E-state index is 11.0. The molecule has 1 rings (SSSR count). The molecule has 0 amide bonds. The fraction of sp³-hybridized carbons (Fsp3) is 0.167. The number of nitrogens with two attached hydrogens (primary N) is 1. The molecule has 16 heavy (non-hydrogen) atoms. The monoisotopic (exact) mass is 216 g/mol. The van der Waals surface area contributed by atoms with Crippen LogP contribution in [0.3, 0.4) is 0 Å². The predicted octanol–water partition coefficient (Wildman–Crippen LogP) is 1.72. The summed E-state index contributed by atoms with van der Waals surface area (Å²) in [4.78, 5) is 11.0. The molecule has 0 aliphatic heterocycles. The molecule has 0 saturated heterocycles. The highest BCUT2D eigenvalue weighted by atomic mass is 16.5. The van der Waals surface area contributed by atoms with E-state index in [1.165, 1.54) is 6.08 Å². The molecule has 4 heteroatoms. The van der Waals surface area contributed by atoms with Gasteiger partial charge in [0.25, 0.3) is 0 Å². The maximum Gasteiger partial charge on any atom is 0.330 e. The number of rotatable bonds is 3. The summed E-state index contributed by atoms with van der Waals surface area (Å²) in [5.74, 6) is -0.405. The van der Waals surface area contributed by atoms with Gasteiger partial charge in [0.15, 0.2) is 0 Å². The van der Waals surface area contributed by atoms with Crippen molar-refractivity contribution in [2.45, 2.75) is 6.92 Å². The van der Waals surface area contributed by atoms with Crippen molar-refractivity contribution in [3.8, 4) is 6.07 Å². The largest absolute Gasteiger partial charge is 0.463 e. The Hall–Kier alpha value is -2.28. The van der Waals surface area contributed by atoms with E-state index in [2.05, 4.69) is 0 Å². The highest BCUT2D eigenvalue weighted by Crippen LogP contribution is 2.13. The maximum absolute atomic E-state index is 11.0. The van der Waals surface area contributed by atoms with Crippen molar-refractivity contribution in [1.29, 1.82) is 5.26 Å². The van der Waals surface area contributed by atoms with Crippen molar-refractivity contribution in [2.75, 3.05) is 12.3 Å². The lowest BCUT2D eigenvalue weighted by molar-refractivity contribution is -0.137. The van der Waals surface area contributed by atoms with Gasteiger partial charge in [-0.15, -0.1) is 0 Å². The number of hydrogen-bond donors (Lipinski definition) is 1. The number of anilines is 1. The van der Waals surface area contributed by atoms with Crippen molar-refractivity contribution in [1.82, 2.24) is 0 Å². The Kier molecular flexibility index (Phi) is 4.10. The number of nitrogen functional groups attached to an aromatic ring is 1. The fourth-order valence-corrected chi connectivity index (χ4v) is 1.13. The third-order valence-corrected chi connectivity index (χ3v) is 1.90. The summed E-state index contributed by atoms with van der Waals surface area (Å²) in [6.45, 7) is 2.08. The SMILES string of the molecule is CCOC(=O)/C=C/c1ccc(N)c(C#N)c1. The summed E-state index contributed by atoms with van der Waals surface area (Å²) in [5.41, 5.74) is 7.12. The summed E-state index contributed by atoms with van der Waals surface area (Å²) in [6, 6.07) is 6.95. The minimum Gasteiger partial charge on any atom is -0.463 e. The van der Waals surface area contributed by atoms with Crippen molar-refractivity contribution in [3.05, 3.63) is 35.4 Å². The standard InChI is InChI=1S/C12H12N2O2/c1-2-16-12(15)6-4-9-3-5-11(14)10(7-9)8-13/h3-7H,2,14H2,1H3/b6-4+. The van der Waals surface area contributed by atoms with E-state index in [0.29, 0.717) is 17.9 Å². The van der Waals surface area contributed by atoms with Gasteiger partial charge in [-0.3, -0.25) is 0 Å². The zero-order chi connectivity index (χ0) is 12.0. The molecular weight excluding hydrogens is 204 g/mol. The van der Waals surface area contributed by atoms with Gasteiger partial charge in [-0.1, -0.05) is 6.07 Å². The van der Waals surface area contributed by atoms with Gasteiger partial charge in [0.2, 0.25) is 0 Å². The number of nitriles is 1. The molecule has 0 unspecified atom stereocenters. The van der Waals surface area contributed by atoms with Crippen LogP contribution in [-0.4, -0.2) is 12.6 Å². The van der Waals surface area contributed by atoms with Gasteiger partial charge in [0.05, 0.1) is 12.2 Å². The van der Waals surface area contributed by atoms with Gasteiger partial charge in [0.1, 0.15) is 6.07 Å². The van der Waals surface area contributed by atoms with Crippen LogP contribution in [0.25, 0.3) is 6.08 Å². The molecular formula is C12H12N2O2. The molecule has 82 valence electrons. The average Bonchev–Trinajstić information content (AvgIpc) is 2.28. The van der Waals surface area contributed by atoms with Crippen molar-refractivity contribution in [2.24, 2.45) is 0 Å². The smallest absolute Gasteiger partial charge is 0.330 e. The van der Waals surface area contributed by atoms with Gasteiger partial charge in [-0.25, -0.2) is 4.79 Å². The Morgan fingerprint density at radius 2 is 2.38 bits per heavy atom. The van der Waals surface area contributed by atoms with E-state index in [0.717, 1.165) is 5.56 Å². The van der Waals surface area contributed by atoms with Crippen LogP contribution in [0.5, 0.6) is 0 Å². The topological polar surface area (TPSA) is 76.1 Å². The second kappa shape index (κ2) is 5.56. The highest BCUT2D eigenvalue weighted by molar-refractivity contribution is 5.87. The summed E-state index contributed by atoms with van der Waals surface area (Å²) < 4.78 is 4.73. The molecule has 2 N–H and O–H groups in total. The molecule has 0 heterocycles. The molecule has 0 atom stereocenters. The second-order valence-corrected chi connectivity index (χ2v) is 3.04. The Bertz CT molecular complexity index is 459. The summed E-state index contributed by atoms with van der Waals surface area (Å²) in [5, 5.41) is 8.76. The van der Waals surface area contributed by atoms with Gasteiger partial charge in [0, 0.05) is 11.8 Å². The van der Waals surface area contributed by atoms with E-state index >= 15 is 0 Å². The van der Waals surface area contributed by atoms with Gasteiger partial charge >= 0.3 is 5.97 Å². The first kappa shape index (κ1) is 11.8. The van der Waals surface area contributed by atoms with Crippen LogP contribution in [0.4, 0.5) is 5.69 Å². The van der Waals surface area contributed by atoms with E-state index in [1.54, 1.807) is 31.2 Å². The zero-order valence-electron chi connectivity index (χ0n) is 8.93. The molecule has 0 fully saturated rings. The molecule has 4 nitrogen and oxygen atoms in total. The quantitative estimate of drug-likeness (QED) is 0.474. The normalized spacial score (nSPS) is 10.0. The minimum atomic E-state index is -0.405. The molecule has 1 aromatic carbocycles. The van der Waals surface area contributed by atoms with Crippen LogP contribution in [0.1, 0.15) is 18.1 Å². The van der Waals surface area contributed by atoms with Gasteiger partial charge in [-0.2, -0.15) is 5.26 Å². The summed E-state index contributed by atoms with van der Waals surface area (Å²) in [7, 11) is 0. The lowest BCUT2D eigenvalue weighted by Gasteiger charge is -1.99. The number of carbonyl (C=O) groups excluding carboxylic acids is 1. The first-order valence-corrected chi connectivity index (χ1v) is 4.82. The minimum absolute atomic E-state index is 0.342. The summed E-state index contributed by atoms with van der Waals surface area (Å²) in [6.07, 6.45) is 2.90. The van der Waals surface area contributed by atoms with Crippen molar-refractivity contribution >= 4 is 17.7 Å². The van der Waals surface area contributed by atoms with Crippen LogP contribution >= 0.6 is 0 Å². The first-order valence-electron chi connectivity index (χ1n) is 4.82. The van der Waals surface area contributed by atoms with Crippen LogP contribution in [0, 0.1) is 11.3 Å². The molecule has 0 aliphatic rings. The molecule has 0 aromatic heterocycles. The lowest BCUT2D eigenvalue weighted by atomic mass is 10.1. The highest BCUT2D eigenvalue weighted by Gasteiger charge is 1.99. The van der Waals surface area contributed by atoms with Crippen molar-refractivity contribution in [3.63, 3.8) is 0 Å².